The molecule has 1 saturated heterocycles. The van der Waals surface area contributed by atoms with Crippen molar-refractivity contribution in [2.75, 3.05) is 13.1 Å². The summed E-state index contributed by atoms with van der Waals surface area (Å²) in [7, 11) is 0. The molecule has 0 aromatic carbocycles. The van der Waals surface area contributed by atoms with Crippen molar-refractivity contribution >= 4 is 5.91 Å². The Balaban J connectivity index is 2.49. The number of amides is 1. The highest BCUT2D eigenvalue weighted by Gasteiger charge is 2.24. The molecule has 0 aromatic heterocycles. The summed E-state index contributed by atoms with van der Waals surface area (Å²) < 4.78 is 0. The molecule has 1 aliphatic heterocycles. The molecule has 0 radical (unpaired) electrons. The number of likely N-dealkylation sites (tertiary alicyclic amines) is 1. The van der Waals surface area contributed by atoms with Crippen LogP contribution in [0.15, 0.2) is 0 Å². The highest BCUT2D eigenvalue weighted by Crippen LogP contribution is 2.15. The van der Waals surface area contributed by atoms with E-state index in [-0.39, 0.29) is 12.0 Å². The summed E-state index contributed by atoms with van der Waals surface area (Å²) in [5, 5.41) is 9.30. The van der Waals surface area contributed by atoms with Gasteiger partial charge in [0.15, 0.2) is 0 Å². The van der Waals surface area contributed by atoms with Gasteiger partial charge in [-0.3, -0.25) is 4.79 Å². The fourth-order valence-corrected chi connectivity index (χ4v) is 1.58. The van der Waals surface area contributed by atoms with Crippen molar-refractivity contribution in [2.45, 2.75) is 26.4 Å². The number of carbonyl (C=O) groups is 1. The number of rotatable bonds is 0. The van der Waals surface area contributed by atoms with Crippen LogP contribution in [0.4, 0.5) is 0 Å². The quantitative estimate of drug-likeness (QED) is 0.547. The fourth-order valence-electron chi connectivity index (χ4n) is 1.58. The molecule has 1 N–H and O–H groups in total. The lowest BCUT2D eigenvalue weighted by Crippen LogP contribution is -2.44. The number of hydrogen-bond acceptors (Lipinski definition) is 2. The second-order valence-electron chi connectivity index (χ2n) is 3.42. The highest BCUT2D eigenvalue weighted by atomic mass is 16.3. The van der Waals surface area contributed by atoms with Crippen molar-refractivity contribution in [2.24, 2.45) is 5.92 Å². The van der Waals surface area contributed by atoms with Crippen molar-refractivity contribution in [3.05, 3.63) is 0 Å². The van der Waals surface area contributed by atoms with Gasteiger partial charge in [-0.2, -0.15) is 0 Å². The zero-order chi connectivity index (χ0) is 8.43. The maximum atomic E-state index is 10.9. The van der Waals surface area contributed by atoms with Crippen LogP contribution in [-0.2, 0) is 4.79 Å². The molecule has 0 aromatic rings. The lowest BCUT2D eigenvalue weighted by Gasteiger charge is -2.33. The minimum absolute atomic E-state index is 0.0654. The van der Waals surface area contributed by atoms with Crippen molar-refractivity contribution in [3.8, 4) is 0 Å². The summed E-state index contributed by atoms with van der Waals surface area (Å²) in [5.74, 6) is 0.498. The first-order valence-electron chi connectivity index (χ1n) is 4.03. The maximum absolute atomic E-state index is 10.9. The molecule has 0 spiro atoms. The Kier molecular flexibility index (Phi) is 2.49. The molecule has 1 aliphatic rings. The third kappa shape index (κ3) is 2.19. The predicted molar refractivity (Wildman–Crippen MR) is 42.0 cm³/mol. The molecule has 1 rings (SSSR count). The van der Waals surface area contributed by atoms with E-state index < -0.39 is 0 Å². The number of piperidine rings is 1. The Morgan fingerprint density at radius 3 is 2.64 bits per heavy atom. The molecule has 0 saturated carbocycles. The van der Waals surface area contributed by atoms with Crippen LogP contribution in [-0.4, -0.2) is 35.1 Å². The first-order chi connectivity index (χ1) is 5.09. The third-order valence-corrected chi connectivity index (χ3v) is 2.08. The van der Waals surface area contributed by atoms with E-state index in [1.807, 2.05) is 0 Å². The Morgan fingerprint density at radius 2 is 2.18 bits per heavy atom. The molecule has 2 atom stereocenters. The van der Waals surface area contributed by atoms with E-state index in [2.05, 4.69) is 6.92 Å². The molecular formula is C8H15NO2. The van der Waals surface area contributed by atoms with E-state index in [0.717, 1.165) is 13.0 Å². The van der Waals surface area contributed by atoms with E-state index in [9.17, 15) is 9.90 Å². The first-order valence-corrected chi connectivity index (χ1v) is 4.03. The minimum Gasteiger partial charge on any atom is -0.391 e. The van der Waals surface area contributed by atoms with Crippen LogP contribution >= 0.6 is 0 Å². The maximum Gasteiger partial charge on any atom is 0.219 e. The van der Waals surface area contributed by atoms with Crippen molar-refractivity contribution < 1.29 is 9.90 Å². The monoisotopic (exact) mass is 157 g/mol. The van der Waals surface area contributed by atoms with Gasteiger partial charge in [0.2, 0.25) is 5.91 Å². The second kappa shape index (κ2) is 3.22. The van der Waals surface area contributed by atoms with Crippen molar-refractivity contribution in [3.63, 3.8) is 0 Å². The van der Waals surface area contributed by atoms with Crippen LogP contribution in [0.1, 0.15) is 20.3 Å². The van der Waals surface area contributed by atoms with Crippen LogP contribution in [0, 0.1) is 5.92 Å². The molecule has 1 heterocycles. The van der Waals surface area contributed by atoms with Crippen LogP contribution in [0.5, 0.6) is 0 Å². The van der Waals surface area contributed by atoms with Gasteiger partial charge in [0.25, 0.3) is 0 Å². The summed E-state index contributed by atoms with van der Waals surface area (Å²) in [6.07, 6.45) is 0.506. The van der Waals surface area contributed by atoms with Gasteiger partial charge in [0.05, 0.1) is 6.10 Å². The average molecular weight is 157 g/mol. The van der Waals surface area contributed by atoms with Gasteiger partial charge in [0.1, 0.15) is 0 Å². The van der Waals surface area contributed by atoms with Gasteiger partial charge >= 0.3 is 0 Å². The molecule has 3 nitrogen and oxygen atoms in total. The lowest BCUT2D eigenvalue weighted by atomic mass is 9.98. The third-order valence-electron chi connectivity index (χ3n) is 2.08. The topological polar surface area (TPSA) is 40.5 Å². The summed E-state index contributed by atoms with van der Waals surface area (Å²) >= 11 is 0. The van der Waals surface area contributed by atoms with Gasteiger partial charge in [-0.05, 0) is 12.3 Å². The molecule has 1 fully saturated rings. The Hall–Kier alpha value is -0.570. The van der Waals surface area contributed by atoms with E-state index in [4.69, 9.17) is 0 Å². The zero-order valence-electron chi connectivity index (χ0n) is 7.08. The average Bonchev–Trinajstić information content (AvgIpc) is 1.85. The number of carbonyl (C=O) groups excluding carboxylic acids is 1. The summed E-state index contributed by atoms with van der Waals surface area (Å²) in [4.78, 5) is 12.6. The van der Waals surface area contributed by atoms with Gasteiger partial charge in [-0.1, -0.05) is 6.92 Å². The second-order valence-corrected chi connectivity index (χ2v) is 3.42. The molecule has 64 valence electrons. The largest absolute Gasteiger partial charge is 0.391 e. The standard InChI is InChI=1S/C8H15NO2/c1-6-3-8(11)5-9(4-6)7(2)10/h6,8,11H,3-5H2,1-2H3/t6-,8-/m1/s1. The molecule has 11 heavy (non-hydrogen) atoms. The lowest BCUT2D eigenvalue weighted by molar-refractivity contribution is -0.133. The predicted octanol–water partition coefficient (Wildman–Crippen LogP) is 0.236. The van der Waals surface area contributed by atoms with Crippen molar-refractivity contribution in [1.82, 2.24) is 4.90 Å². The Morgan fingerprint density at radius 1 is 1.55 bits per heavy atom. The molecule has 3 heteroatoms. The van der Waals surface area contributed by atoms with Crippen molar-refractivity contribution in [1.29, 1.82) is 0 Å². The number of aliphatic hydroxyl groups is 1. The van der Waals surface area contributed by atoms with Crippen LogP contribution < -0.4 is 0 Å². The number of β-amino-alcohol motifs (C(OH)–C–C–N with tert-alkyl or cyclic N) is 1. The first kappa shape index (κ1) is 8.53. The van der Waals surface area contributed by atoms with E-state index in [1.54, 1.807) is 11.8 Å². The van der Waals surface area contributed by atoms with Gasteiger partial charge < -0.3 is 10.0 Å². The number of hydrogen-bond donors (Lipinski definition) is 1. The van der Waals surface area contributed by atoms with Gasteiger partial charge in [-0.15, -0.1) is 0 Å². The minimum atomic E-state index is -0.317. The summed E-state index contributed by atoms with van der Waals surface area (Å²) in [6.45, 7) is 4.91. The molecular weight excluding hydrogens is 142 g/mol. The van der Waals surface area contributed by atoms with Crippen LogP contribution in [0.3, 0.4) is 0 Å². The number of nitrogens with zero attached hydrogens (tertiary/aromatic N) is 1. The van der Waals surface area contributed by atoms with Crippen LogP contribution in [0.25, 0.3) is 0 Å². The van der Waals surface area contributed by atoms with Gasteiger partial charge in [-0.25, -0.2) is 0 Å². The number of aliphatic hydroxyl groups excluding tert-OH is 1. The normalized spacial score (nSPS) is 32.1. The van der Waals surface area contributed by atoms with Gasteiger partial charge in [0, 0.05) is 20.0 Å². The smallest absolute Gasteiger partial charge is 0.219 e. The highest BCUT2D eigenvalue weighted by molar-refractivity contribution is 5.73. The Labute approximate surface area is 67.0 Å². The zero-order valence-corrected chi connectivity index (χ0v) is 7.08. The molecule has 1 amide bonds. The van der Waals surface area contributed by atoms with E-state index >= 15 is 0 Å². The SMILES string of the molecule is CC(=O)N1C[C@H](C)C[C@@H](O)C1. The fraction of sp³-hybridized carbons (Fsp3) is 0.875. The molecule has 0 unspecified atom stereocenters. The van der Waals surface area contributed by atoms with E-state index in [0.29, 0.717) is 12.5 Å². The molecule has 0 aliphatic carbocycles. The Bertz CT molecular complexity index is 148. The van der Waals surface area contributed by atoms with E-state index in [1.165, 1.54) is 0 Å². The van der Waals surface area contributed by atoms with Crippen LogP contribution in [0.2, 0.25) is 0 Å². The molecule has 0 bridgehead atoms. The summed E-state index contributed by atoms with van der Waals surface area (Å²) in [6, 6.07) is 0. The summed E-state index contributed by atoms with van der Waals surface area (Å²) in [5.41, 5.74) is 0.